The van der Waals surface area contributed by atoms with Gasteiger partial charge < -0.3 is 30.2 Å². The second-order valence-corrected chi connectivity index (χ2v) is 9.91. The van der Waals surface area contributed by atoms with Crippen LogP contribution in [0.1, 0.15) is 32.3 Å². The quantitative estimate of drug-likeness (QED) is 0.134. The van der Waals surface area contributed by atoms with Crippen molar-refractivity contribution in [1.82, 2.24) is 16.0 Å². The van der Waals surface area contributed by atoms with Gasteiger partial charge >= 0.3 is 25.9 Å². The lowest BCUT2D eigenvalue weighted by Crippen LogP contribution is -2.57. The van der Waals surface area contributed by atoms with Crippen molar-refractivity contribution >= 4 is 37.7 Å². The van der Waals surface area contributed by atoms with Crippen molar-refractivity contribution in [3.05, 3.63) is 35.9 Å². The molecule has 1 rings (SSSR count). The number of carbonyl (C=O) groups is 5. The van der Waals surface area contributed by atoms with Gasteiger partial charge in [0.05, 0.1) is 20.3 Å². The fraction of sp³-hybridized carbons (Fsp3) is 0.542. The van der Waals surface area contributed by atoms with E-state index in [4.69, 9.17) is 14.0 Å². The molecule has 0 fully saturated rings. The van der Waals surface area contributed by atoms with E-state index in [1.54, 1.807) is 37.3 Å². The molecule has 0 aliphatic heterocycles. The minimum atomic E-state index is -4.07. The maximum atomic E-state index is 13.2. The summed E-state index contributed by atoms with van der Waals surface area (Å²) in [5, 5.41) is 7.06. The van der Waals surface area contributed by atoms with E-state index < -0.39 is 62.4 Å². The lowest BCUT2D eigenvalue weighted by Gasteiger charge is -2.24. The Morgan fingerprint density at radius 1 is 0.875 bits per heavy atom. The smallest absolute Gasteiger partial charge is 0.469 e. The summed E-state index contributed by atoms with van der Waals surface area (Å²) < 4.78 is 41.4. The summed E-state index contributed by atoms with van der Waals surface area (Å²) in [6.45, 7) is 2.21. The molecular weight excluding hydrogens is 553 g/mol. The monoisotopic (exact) mass is 589 g/mol. The minimum Gasteiger partial charge on any atom is -0.469 e. The average Bonchev–Trinajstić information content (AvgIpc) is 2.96. The normalized spacial score (nSPS) is 13.2. The maximum absolute atomic E-state index is 13.2. The van der Waals surface area contributed by atoms with Crippen molar-refractivity contribution in [2.24, 2.45) is 0 Å². The number of nitrogens with one attached hydrogen (secondary N) is 3. The molecule has 0 aromatic heterocycles. The molecule has 1 aromatic rings. The van der Waals surface area contributed by atoms with Gasteiger partial charge in [0, 0.05) is 20.6 Å². The largest absolute Gasteiger partial charge is 0.474 e. The van der Waals surface area contributed by atoms with Crippen LogP contribution >= 0.6 is 7.82 Å². The maximum Gasteiger partial charge on any atom is 0.474 e. The van der Waals surface area contributed by atoms with Crippen LogP contribution in [0.4, 0.5) is 4.79 Å². The third-order valence-electron chi connectivity index (χ3n) is 5.16. The number of alkyl carbamates (subject to hydrolysis) is 1. The van der Waals surface area contributed by atoms with E-state index in [1.165, 1.54) is 6.92 Å². The Morgan fingerprint density at radius 3 is 2.08 bits per heavy atom. The van der Waals surface area contributed by atoms with Crippen LogP contribution in [0.3, 0.4) is 0 Å². The molecule has 3 amide bonds. The highest BCUT2D eigenvalue weighted by molar-refractivity contribution is 7.48. The molecule has 0 unspecified atom stereocenters. The second kappa shape index (κ2) is 17.9. The number of phosphoric ester groups is 1. The summed E-state index contributed by atoms with van der Waals surface area (Å²) in [4.78, 5) is 62.2. The molecule has 0 heterocycles. The Hall–Kier alpha value is -3.52. The van der Waals surface area contributed by atoms with Crippen molar-refractivity contribution in [3.8, 4) is 0 Å². The van der Waals surface area contributed by atoms with Gasteiger partial charge in [-0.2, -0.15) is 0 Å². The number of ether oxygens (including phenoxy) is 3. The van der Waals surface area contributed by atoms with Crippen molar-refractivity contribution < 1.29 is 56.3 Å². The number of hydrogen-bond donors (Lipinski definition) is 3. The lowest BCUT2D eigenvalue weighted by atomic mass is 10.1. The Morgan fingerprint density at radius 2 is 1.50 bits per heavy atom. The summed E-state index contributed by atoms with van der Waals surface area (Å²) >= 11 is 0. The van der Waals surface area contributed by atoms with E-state index >= 15 is 0 Å². The van der Waals surface area contributed by atoms with E-state index in [-0.39, 0.29) is 26.1 Å². The number of benzene rings is 1. The number of carbonyl (C=O) groups excluding carboxylic acids is 5. The zero-order valence-electron chi connectivity index (χ0n) is 23.0. The molecular formula is C24H36N3O12P. The van der Waals surface area contributed by atoms with Crippen molar-refractivity contribution in [2.75, 3.05) is 34.5 Å². The molecule has 0 saturated heterocycles. The zero-order valence-corrected chi connectivity index (χ0v) is 23.9. The Kier molecular flexibility index (Phi) is 15.5. The summed E-state index contributed by atoms with van der Waals surface area (Å²) in [6, 6.07) is 4.74. The predicted octanol–water partition coefficient (Wildman–Crippen LogP) is 1.20. The van der Waals surface area contributed by atoms with Gasteiger partial charge in [-0.3, -0.25) is 28.0 Å². The summed E-state index contributed by atoms with van der Waals surface area (Å²) in [5.41, 5.74) is 0.693. The first kappa shape index (κ1) is 34.5. The Balaban J connectivity index is 3.05. The highest BCUT2D eigenvalue weighted by Gasteiger charge is 2.33. The fourth-order valence-electron chi connectivity index (χ4n) is 2.98. The van der Waals surface area contributed by atoms with Gasteiger partial charge in [-0.05, 0) is 25.8 Å². The van der Waals surface area contributed by atoms with Crippen LogP contribution in [0.2, 0.25) is 0 Å². The van der Waals surface area contributed by atoms with Crippen LogP contribution in [0.5, 0.6) is 0 Å². The highest BCUT2D eigenvalue weighted by atomic mass is 31.2. The van der Waals surface area contributed by atoms with Crippen LogP contribution < -0.4 is 16.0 Å². The van der Waals surface area contributed by atoms with Crippen LogP contribution in [0.15, 0.2) is 30.3 Å². The van der Waals surface area contributed by atoms with E-state index in [2.05, 4.69) is 29.7 Å². The van der Waals surface area contributed by atoms with Gasteiger partial charge in [0.1, 0.15) is 24.7 Å². The number of rotatable bonds is 17. The first-order chi connectivity index (χ1) is 19.0. The van der Waals surface area contributed by atoms with Gasteiger partial charge in [-0.15, -0.1) is 0 Å². The second-order valence-electron chi connectivity index (χ2n) is 8.03. The van der Waals surface area contributed by atoms with Crippen LogP contribution in [-0.4, -0.2) is 82.5 Å². The van der Waals surface area contributed by atoms with Crippen molar-refractivity contribution in [3.63, 3.8) is 0 Å². The van der Waals surface area contributed by atoms with Gasteiger partial charge in [0.2, 0.25) is 11.8 Å². The fourth-order valence-corrected chi connectivity index (χ4v) is 3.67. The molecule has 0 aliphatic rings. The molecule has 1 aromatic carbocycles. The number of phosphoric acid groups is 1. The molecule has 16 heteroatoms. The molecule has 0 aliphatic carbocycles. The first-order valence-corrected chi connectivity index (χ1v) is 13.6. The standard InChI is InChI=1S/C24H36N3O12P/c1-6-37-23(31)16(2)25-22(30)19(15-39-40(33,35-4)36-5)26-21(29)18(12-13-20(28)34-3)27-24(32)38-14-17-10-8-7-9-11-17/h7-11,16,18-19H,6,12-15H2,1-5H3,(H,25,30)(H,26,29)(H,27,32)/t16-,18-,19-/m0/s1. The van der Waals surface area contributed by atoms with Gasteiger partial charge in [0.15, 0.2) is 0 Å². The molecule has 0 saturated carbocycles. The summed E-state index contributed by atoms with van der Waals surface area (Å²) in [6.07, 6.45) is -1.45. The third kappa shape index (κ3) is 12.6. The average molecular weight is 590 g/mol. The number of hydrogen-bond acceptors (Lipinski definition) is 12. The molecule has 3 atom stereocenters. The zero-order chi connectivity index (χ0) is 30.1. The predicted molar refractivity (Wildman–Crippen MR) is 139 cm³/mol. The molecule has 3 N–H and O–H groups in total. The Labute approximate surface area is 232 Å². The third-order valence-corrected chi connectivity index (χ3v) is 6.52. The topological polar surface area (TPSA) is 194 Å². The summed E-state index contributed by atoms with van der Waals surface area (Å²) in [7, 11) is -0.812. The molecule has 0 radical (unpaired) electrons. The van der Waals surface area contributed by atoms with E-state index in [0.29, 0.717) is 5.56 Å². The van der Waals surface area contributed by atoms with Crippen LogP contribution in [0.25, 0.3) is 0 Å². The van der Waals surface area contributed by atoms with E-state index in [1.807, 2.05) is 0 Å². The molecule has 0 spiro atoms. The van der Waals surface area contributed by atoms with Crippen molar-refractivity contribution in [2.45, 2.75) is 51.4 Å². The lowest BCUT2D eigenvalue weighted by molar-refractivity contribution is -0.147. The van der Waals surface area contributed by atoms with Gasteiger partial charge in [-0.1, -0.05) is 30.3 Å². The molecule has 0 bridgehead atoms. The van der Waals surface area contributed by atoms with E-state index in [9.17, 15) is 28.5 Å². The number of amides is 3. The van der Waals surface area contributed by atoms with Gasteiger partial charge in [0.25, 0.3) is 0 Å². The number of esters is 2. The highest BCUT2D eigenvalue weighted by Crippen LogP contribution is 2.47. The molecule has 40 heavy (non-hydrogen) atoms. The number of methoxy groups -OCH3 is 1. The molecule has 224 valence electrons. The van der Waals surface area contributed by atoms with Crippen LogP contribution in [0, 0.1) is 0 Å². The summed E-state index contributed by atoms with van der Waals surface area (Å²) in [5.74, 6) is -3.22. The van der Waals surface area contributed by atoms with Crippen LogP contribution in [-0.2, 0) is 58.1 Å². The SMILES string of the molecule is CCOC(=O)[C@H](C)NC(=O)[C@H](COP(=O)(OC)OC)NC(=O)[C@H](CCC(=O)OC)NC(=O)OCc1ccccc1. The minimum absolute atomic E-state index is 0.0705. The van der Waals surface area contributed by atoms with E-state index in [0.717, 1.165) is 21.3 Å². The molecule has 15 nitrogen and oxygen atoms in total. The Bertz CT molecular complexity index is 1030. The van der Waals surface area contributed by atoms with Crippen molar-refractivity contribution in [1.29, 1.82) is 0 Å². The first-order valence-electron chi connectivity index (χ1n) is 12.2. The van der Waals surface area contributed by atoms with Gasteiger partial charge in [-0.25, -0.2) is 14.2 Å².